The molecule has 3 aromatic rings. The summed E-state index contributed by atoms with van der Waals surface area (Å²) < 4.78 is 16.2. The van der Waals surface area contributed by atoms with Gasteiger partial charge in [0.15, 0.2) is 16.6 Å². The minimum absolute atomic E-state index is 0.0862. The Morgan fingerprint density at radius 3 is 2.35 bits per heavy atom. The first-order valence-electron chi connectivity index (χ1n) is 11.2. The van der Waals surface area contributed by atoms with Crippen molar-refractivity contribution in [3.63, 3.8) is 0 Å². The van der Waals surface area contributed by atoms with Crippen LogP contribution in [0, 0.1) is 0 Å². The fourth-order valence-electron chi connectivity index (χ4n) is 4.05. The van der Waals surface area contributed by atoms with Gasteiger partial charge in [-0.2, -0.15) is 0 Å². The van der Waals surface area contributed by atoms with Gasteiger partial charge in [0, 0.05) is 43.5 Å². The molecule has 34 heavy (non-hydrogen) atoms. The molecule has 4 rings (SSSR count). The molecule has 2 N–H and O–H groups in total. The maximum atomic E-state index is 12.8. The summed E-state index contributed by atoms with van der Waals surface area (Å²) in [5.41, 5.74) is 2.04. The Kier molecular flexibility index (Phi) is 7.87. The fourth-order valence-corrected chi connectivity index (χ4v) is 4.79. The van der Waals surface area contributed by atoms with E-state index < -0.39 is 0 Å². The molecule has 0 radical (unpaired) electrons. The summed E-state index contributed by atoms with van der Waals surface area (Å²) in [5, 5.41) is 6.99. The van der Waals surface area contributed by atoms with E-state index in [2.05, 4.69) is 44.8 Å². The number of piperidine rings is 1. The largest absolute Gasteiger partial charge is 0.493 e. The van der Waals surface area contributed by atoms with Gasteiger partial charge in [-0.05, 0) is 18.4 Å². The van der Waals surface area contributed by atoms with Crippen LogP contribution in [0.15, 0.2) is 48.7 Å². The number of aromatic nitrogens is 1. The van der Waals surface area contributed by atoms with Gasteiger partial charge in [0.05, 0.1) is 27.5 Å². The minimum atomic E-state index is -0.0862. The predicted octanol–water partition coefficient (Wildman–Crippen LogP) is 4.31. The van der Waals surface area contributed by atoms with Crippen LogP contribution in [0.2, 0.25) is 0 Å². The first-order chi connectivity index (χ1) is 16.6. The minimum Gasteiger partial charge on any atom is -0.493 e. The lowest BCUT2D eigenvalue weighted by Crippen LogP contribution is -2.44. The number of benzene rings is 2. The summed E-state index contributed by atoms with van der Waals surface area (Å²) in [6, 6.07) is 14.3. The molecule has 0 unspecified atom stereocenters. The number of amides is 1. The molecule has 0 aliphatic carbocycles. The molecule has 1 aliphatic rings. The zero-order valence-corrected chi connectivity index (χ0v) is 20.5. The Morgan fingerprint density at radius 1 is 1.06 bits per heavy atom. The highest BCUT2D eigenvalue weighted by atomic mass is 32.1. The zero-order valence-electron chi connectivity index (χ0n) is 19.7. The number of carbonyl (C=O) groups excluding carboxylic acids is 1. The highest BCUT2D eigenvalue weighted by molar-refractivity contribution is 7.17. The monoisotopic (exact) mass is 482 g/mol. The van der Waals surface area contributed by atoms with Crippen molar-refractivity contribution in [2.75, 3.05) is 39.7 Å². The number of ether oxygens (including phenoxy) is 3. The predicted molar refractivity (Wildman–Crippen MR) is 134 cm³/mol. The third-order valence-corrected chi connectivity index (χ3v) is 6.73. The number of anilines is 2. The molecular weight excluding hydrogens is 452 g/mol. The van der Waals surface area contributed by atoms with Gasteiger partial charge in [-0.1, -0.05) is 41.7 Å². The van der Waals surface area contributed by atoms with E-state index in [9.17, 15) is 4.79 Å². The Bertz CT molecular complexity index is 1070. The summed E-state index contributed by atoms with van der Waals surface area (Å²) >= 11 is 1.31. The number of hydrogen-bond donors (Lipinski definition) is 2. The number of nitrogens with zero attached hydrogens (tertiary/aromatic N) is 2. The molecule has 0 bridgehead atoms. The van der Waals surface area contributed by atoms with Gasteiger partial charge >= 0.3 is 0 Å². The third kappa shape index (κ3) is 5.78. The van der Waals surface area contributed by atoms with Crippen molar-refractivity contribution in [2.45, 2.75) is 25.4 Å². The summed E-state index contributed by atoms with van der Waals surface area (Å²) in [7, 11) is 4.70. The summed E-state index contributed by atoms with van der Waals surface area (Å²) in [6.45, 7) is 2.89. The van der Waals surface area contributed by atoms with Gasteiger partial charge in [0.2, 0.25) is 5.75 Å². The van der Waals surface area contributed by atoms with Gasteiger partial charge in [-0.25, -0.2) is 4.98 Å². The first-order valence-corrected chi connectivity index (χ1v) is 12.0. The van der Waals surface area contributed by atoms with Crippen LogP contribution in [0.3, 0.4) is 0 Å². The molecule has 1 aliphatic heterocycles. The molecule has 0 atom stereocenters. The quantitative estimate of drug-likeness (QED) is 0.470. The smallest absolute Gasteiger partial charge is 0.263 e. The van der Waals surface area contributed by atoms with E-state index in [1.165, 1.54) is 16.9 Å². The topological polar surface area (TPSA) is 85.0 Å². The highest BCUT2D eigenvalue weighted by Gasteiger charge is 2.22. The van der Waals surface area contributed by atoms with E-state index in [1.807, 2.05) is 6.07 Å². The molecule has 2 aromatic carbocycles. The Balaban J connectivity index is 1.32. The van der Waals surface area contributed by atoms with Gasteiger partial charge < -0.3 is 24.8 Å². The molecule has 1 saturated heterocycles. The van der Waals surface area contributed by atoms with Crippen LogP contribution in [-0.2, 0) is 6.54 Å². The van der Waals surface area contributed by atoms with E-state index >= 15 is 0 Å². The van der Waals surface area contributed by atoms with Crippen molar-refractivity contribution >= 4 is 28.1 Å². The number of methoxy groups -OCH3 is 3. The molecule has 1 amide bonds. The average Bonchev–Trinajstić information content (AvgIpc) is 3.34. The SMILES string of the molecule is COc1cc(Nc2ncc(C(=O)NC3CCN(Cc4ccccc4)CC3)s2)cc(OC)c1OC. The van der Waals surface area contributed by atoms with Gasteiger partial charge in [-0.3, -0.25) is 9.69 Å². The van der Waals surface area contributed by atoms with E-state index in [-0.39, 0.29) is 11.9 Å². The van der Waals surface area contributed by atoms with Crippen LogP contribution in [0.1, 0.15) is 28.1 Å². The zero-order chi connectivity index (χ0) is 23.9. The van der Waals surface area contributed by atoms with Crippen molar-refractivity contribution in [2.24, 2.45) is 0 Å². The molecule has 8 nitrogen and oxygen atoms in total. The molecule has 9 heteroatoms. The Morgan fingerprint density at radius 2 is 1.74 bits per heavy atom. The number of likely N-dealkylation sites (tertiary alicyclic amines) is 1. The standard InChI is InChI=1S/C25H30N4O4S/c1-31-20-13-19(14-21(32-2)23(20)33-3)28-25-26-15-22(34-25)24(30)27-18-9-11-29(12-10-18)16-17-7-5-4-6-8-17/h4-8,13-15,18H,9-12,16H2,1-3H3,(H,26,28)(H,27,30). The number of rotatable bonds is 9. The van der Waals surface area contributed by atoms with Crippen molar-refractivity contribution in [1.29, 1.82) is 0 Å². The number of hydrogen-bond acceptors (Lipinski definition) is 8. The van der Waals surface area contributed by atoms with Crippen LogP contribution in [-0.4, -0.2) is 56.3 Å². The van der Waals surface area contributed by atoms with Gasteiger partial charge in [-0.15, -0.1) is 0 Å². The second kappa shape index (κ2) is 11.2. The maximum absolute atomic E-state index is 12.8. The van der Waals surface area contributed by atoms with Crippen LogP contribution >= 0.6 is 11.3 Å². The fraction of sp³-hybridized carbons (Fsp3) is 0.360. The van der Waals surface area contributed by atoms with Crippen molar-refractivity contribution in [3.05, 3.63) is 59.1 Å². The lowest BCUT2D eigenvalue weighted by molar-refractivity contribution is 0.0913. The van der Waals surface area contributed by atoms with E-state index in [4.69, 9.17) is 14.2 Å². The lowest BCUT2D eigenvalue weighted by Gasteiger charge is -2.32. The molecule has 1 aromatic heterocycles. The normalized spacial score (nSPS) is 14.4. The summed E-state index contributed by atoms with van der Waals surface area (Å²) in [6.07, 6.45) is 3.48. The molecular formula is C25H30N4O4S. The van der Waals surface area contributed by atoms with Crippen molar-refractivity contribution < 1.29 is 19.0 Å². The number of nitrogens with one attached hydrogen (secondary N) is 2. The first kappa shape index (κ1) is 23.8. The molecule has 180 valence electrons. The van der Waals surface area contributed by atoms with E-state index in [0.29, 0.717) is 27.3 Å². The summed E-state index contributed by atoms with van der Waals surface area (Å²) in [4.78, 5) is 20.2. The Labute approximate surface area is 203 Å². The average molecular weight is 483 g/mol. The third-order valence-electron chi connectivity index (χ3n) is 5.82. The number of thiazole rings is 1. The van der Waals surface area contributed by atoms with E-state index in [0.717, 1.165) is 38.2 Å². The Hall–Kier alpha value is -3.30. The van der Waals surface area contributed by atoms with Crippen molar-refractivity contribution in [1.82, 2.24) is 15.2 Å². The molecule has 0 spiro atoms. The van der Waals surface area contributed by atoms with Crippen molar-refractivity contribution in [3.8, 4) is 17.2 Å². The summed E-state index contributed by atoms with van der Waals surface area (Å²) in [5.74, 6) is 1.51. The van der Waals surface area contributed by atoms with Gasteiger partial charge in [0.25, 0.3) is 5.91 Å². The van der Waals surface area contributed by atoms with Gasteiger partial charge in [0.1, 0.15) is 4.88 Å². The second-order valence-electron chi connectivity index (χ2n) is 8.08. The van der Waals surface area contributed by atoms with Crippen LogP contribution in [0.25, 0.3) is 0 Å². The van der Waals surface area contributed by atoms with Crippen LogP contribution < -0.4 is 24.8 Å². The highest BCUT2D eigenvalue weighted by Crippen LogP contribution is 2.40. The molecule has 1 fully saturated rings. The van der Waals surface area contributed by atoms with Crippen LogP contribution in [0.4, 0.5) is 10.8 Å². The lowest BCUT2D eigenvalue weighted by atomic mass is 10.0. The molecule has 0 saturated carbocycles. The number of carbonyl (C=O) groups is 1. The van der Waals surface area contributed by atoms with Crippen LogP contribution in [0.5, 0.6) is 17.2 Å². The molecule has 2 heterocycles. The maximum Gasteiger partial charge on any atom is 0.263 e. The second-order valence-corrected chi connectivity index (χ2v) is 9.11. The van der Waals surface area contributed by atoms with E-state index in [1.54, 1.807) is 39.7 Å².